The lowest BCUT2D eigenvalue weighted by Gasteiger charge is -2.26. The molecule has 13 heavy (non-hydrogen) atoms. The molecule has 0 aliphatic rings. The lowest BCUT2D eigenvalue weighted by atomic mass is 11.9. The van der Waals surface area contributed by atoms with Gasteiger partial charge in [0.1, 0.15) is 0 Å². The van der Waals surface area contributed by atoms with Gasteiger partial charge in [-0.05, 0) is 13.1 Å². The van der Waals surface area contributed by atoms with E-state index in [4.69, 9.17) is 74.7 Å². The Bertz CT molecular complexity index is 156. The number of hydrogen-bond acceptors (Lipinski definition) is 2. The molecule has 0 heterocycles. The molecule has 0 amide bonds. The first kappa shape index (κ1) is 15.3. The average molecular weight is 359 g/mol. The molecule has 0 aliphatic carbocycles. The Labute approximate surface area is 108 Å². The second-order valence-corrected chi connectivity index (χ2v) is 21.5. The lowest BCUT2D eigenvalue weighted by Crippen LogP contribution is -2.44. The fourth-order valence-electron chi connectivity index (χ4n) is 0.438. The van der Waals surface area contributed by atoms with E-state index in [1.54, 1.807) is 13.1 Å². The molecular formula is C2H6Cl6O2Si3. The maximum absolute atomic E-state index is 5.84. The second-order valence-electron chi connectivity index (χ2n) is 2.48. The van der Waals surface area contributed by atoms with Gasteiger partial charge >= 0.3 is 13.4 Å². The SMILES string of the molecule is C[Si](C)(Cl)O[Si](Cl)(Cl)O[Si](Cl)(Cl)Cl. The predicted octanol–water partition coefficient (Wildman–Crippen LogP) is 4.03. The van der Waals surface area contributed by atoms with E-state index in [1.165, 1.54) is 0 Å². The Morgan fingerprint density at radius 1 is 0.769 bits per heavy atom. The van der Waals surface area contributed by atoms with Crippen molar-refractivity contribution < 1.29 is 8.23 Å². The first-order valence-corrected chi connectivity index (χ1v) is 15.7. The van der Waals surface area contributed by atoms with Crippen LogP contribution in [0.5, 0.6) is 0 Å². The van der Waals surface area contributed by atoms with Gasteiger partial charge in [-0.15, -0.1) is 11.1 Å². The molecule has 0 fully saturated rings. The molecule has 0 bridgehead atoms. The van der Waals surface area contributed by atoms with Gasteiger partial charge in [0.25, 0.3) is 7.63 Å². The average Bonchev–Trinajstić information content (AvgIpc) is 1.43. The van der Waals surface area contributed by atoms with Crippen LogP contribution in [-0.2, 0) is 8.23 Å². The largest absolute Gasteiger partial charge is 0.533 e. The Hall–Kier alpha value is 2.31. The number of hydrogen-bond donors (Lipinski definition) is 0. The van der Waals surface area contributed by atoms with Crippen LogP contribution in [0.15, 0.2) is 0 Å². The fourth-order valence-corrected chi connectivity index (χ4v) is 16.6. The molecule has 0 aromatic rings. The minimum atomic E-state index is -3.43. The van der Waals surface area contributed by atoms with Gasteiger partial charge in [-0.1, -0.05) is 55.4 Å². The van der Waals surface area contributed by atoms with Crippen molar-refractivity contribution in [3.05, 3.63) is 0 Å². The predicted molar refractivity (Wildman–Crippen MR) is 66.3 cm³/mol. The maximum atomic E-state index is 5.84. The fraction of sp³-hybridized carbons (Fsp3) is 1.00. The summed E-state index contributed by atoms with van der Waals surface area (Å²) in [5, 5.41) is 0. The van der Waals surface area contributed by atoms with E-state index in [2.05, 4.69) is 0 Å². The van der Waals surface area contributed by atoms with Gasteiger partial charge in [0, 0.05) is 0 Å². The Kier molecular flexibility index (Phi) is 6.00. The molecule has 0 aromatic heterocycles. The van der Waals surface area contributed by atoms with Crippen molar-refractivity contribution in [2.24, 2.45) is 0 Å². The van der Waals surface area contributed by atoms with E-state index < -0.39 is 21.1 Å². The lowest BCUT2D eigenvalue weighted by molar-refractivity contribution is 0.456. The molecule has 0 radical (unpaired) electrons. The highest BCUT2D eigenvalue weighted by atomic mass is 35.8. The quantitative estimate of drug-likeness (QED) is 0.558. The number of halogens is 6. The van der Waals surface area contributed by atoms with Gasteiger partial charge in [0.05, 0.1) is 0 Å². The van der Waals surface area contributed by atoms with E-state index in [1.807, 2.05) is 0 Å². The molecule has 0 unspecified atom stereocenters. The van der Waals surface area contributed by atoms with Crippen LogP contribution in [0, 0.1) is 0 Å². The van der Waals surface area contributed by atoms with Gasteiger partial charge in [0.15, 0.2) is 0 Å². The normalized spacial score (nSPS) is 14.8. The third-order valence-corrected chi connectivity index (χ3v) is 10.9. The molecular weight excluding hydrogens is 353 g/mol. The van der Waals surface area contributed by atoms with Crippen LogP contribution >= 0.6 is 66.5 Å². The Balaban J connectivity index is 4.25. The molecule has 11 heteroatoms. The van der Waals surface area contributed by atoms with E-state index in [0.29, 0.717) is 0 Å². The zero-order valence-corrected chi connectivity index (χ0v) is 14.1. The smallest absolute Gasteiger partial charge is 0.401 e. The van der Waals surface area contributed by atoms with Crippen molar-refractivity contribution in [1.82, 2.24) is 0 Å². The zero-order chi connectivity index (χ0) is 10.9. The molecule has 0 aliphatic heterocycles. The van der Waals surface area contributed by atoms with Crippen molar-refractivity contribution in [3.8, 4) is 0 Å². The van der Waals surface area contributed by atoms with Gasteiger partial charge in [0.2, 0.25) is 0 Å². The van der Waals surface area contributed by atoms with Crippen LogP contribution in [0.4, 0.5) is 0 Å². The van der Waals surface area contributed by atoms with Gasteiger partial charge < -0.3 is 8.23 Å². The summed E-state index contributed by atoms with van der Waals surface area (Å²) in [4.78, 5) is 0. The van der Waals surface area contributed by atoms with Crippen LogP contribution in [0.25, 0.3) is 0 Å². The minimum absolute atomic E-state index is 1.68. The van der Waals surface area contributed by atoms with Crippen molar-refractivity contribution in [1.29, 1.82) is 0 Å². The monoisotopic (exact) mass is 356 g/mol. The van der Waals surface area contributed by atoms with E-state index in [-0.39, 0.29) is 0 Å². The molecule has 2 nitrogen and oxygen atoms in total. The van der Waals surface area contributed by atoms with E-state index in [0.717, 1.165) is 0 Å². The summed E-state index contributed by atoms with van der Waals surface area (Å²) in [6, 6.07) is 0. The van der Waals surface area contributed by atoms with Crippen molar-refractivity contribution >= 4 is 87.5 Å². The summed E-state index contributed by atoms with van der Waals surface area (Å²) >= 11 is 33.6. The highest BCUT2D eigenvalue weighted by Gasteiger charge is 2.48. The summed E-state index contributed by atoms with van der Waals surface area (Å²) in [5.41, 5.74) is 0. The summed E-state index contributed by atoms with van der Waals surface area (Å²) in [5.74, 6) is 0. The molecule has 0 saturated heterocycles. The van der Waals surface area contributed by atoms with Crippen LogP contribution in [0.3, 0.4) is 0 Å². The van der Waals surface area contributed by atoms with Crippen molar-refractivity contribution in [2.45, 2.75) is 13.1 Å². The molecule has 0 spiro atoms. The molecule has 0 saturated carbocycles. The molecule has 80 valence electrons. The Morgan fingerprint density at radius 2 is 1.15 bits per heavy atom. The van der Waals surface area contributed by atoms with Crippen LogP contribution in [0.1, 0.15) is 0 Å². The highest BCUT2D eigenvalue weighted by molar-refractivity contribution is 7.64. The first-order valence-electron chi connectivity index (χ1n) is 2.95. The molecule has 0 rings (SSSR count). The summed E-state index contributed by atoms with van der Waals surface area (Å²) in [7, 11) is -5.84. The topological polar surface area (TPSA) is 18.5 Å². The zero-order valence-electron chi connectivity index (χ0n) is 6.58. The summed E-state index contributed by atoms with van der Waals surface area (Å²) in [6.45, 7) is 3.37. The minimum Gasteiger partial charge on any atom is -0.401 e. The van der Waals surface area contributed by atoms with Gasteiger partial charge in [-0.25, -0.2) is 0 Å². The van der Waals surface area contributed by atoms with Gasteiger partial charge in [-0.3, -0.25) is 0 Å². The third kappa shape index (κ3) is 10.6. The third-order valence-electron chi connectivity index (χ3n) is 0.596. The van der Waals surface area contributed by atoms with Gasteiger partial charge in [-0.2, -0.15) is 0 Å². The standard InChI is InChI=1S/C2H6Cl6O2Si3/c1-11(2,3)9-13(7,8)10-12(4,5)6/h1-2H3. The van der Waals surface area contributed by atoms with Crippen LogP contribution in [-0.4, -0.2) is 21.1 Å². The molecule has 0 atom stereocenters. The van der Waals surface area contributed by atoms with Crippen molar-refractivity contribution in [3.63, 3.8) is 0 Å². The van der Waals surface area contributed by atoms with E-state index >= 15 is 0 Å². The van der Waals surface area contributed by atoms with Crippen LogP contribution in [0.2, 0.25) is 13.1 Å². The second kappa shape index (κ2) is 5.09. The first-order chi connectivity index (χ1) is 5.41. The maximum Gasteiger partial charge on any atom is 0.533 e. The highest BCUT2D eigenvalue weighted by Crippen LogP contribution is 2.33. The van der Waals surface area contributed by atoms with Crippen LogP contribution < -0.4 is 0 Å². The van der Waals surface area contributed by atoms with E-state index in [9.17, 15) is 0 Å². The summed E-state index contributed by atoms with van der Waals surface area (Å²) < 4.78 is 9.97. The summed E-state index contributed by atoms with van der Waals surface area (Å²) in [6.07, 6.45) is -3.34. The number of rotatable bonds is 4. The molecule has 0 N–H and O–H groups in total. The Morgan fingerprint density at radius 3 is 1.38 bits per heavy atom. The molecule has 0 aromatic carbocycles. The van der Waals surface area contributed by atoms with Crippen molar-refractivity contribution in [2.75, 3.05) is 0 Å².